The predicted octanol–water partition coefficient (Wildman–Crippen LogP) is 4.64. The molecular weight excluding hydrogens is 320 g/mol. The topological polar surface area (TPSA) is 51.8 Å². The number of nitrogens with two attached hydrogens (primary N) is 1. The summed E-state index contributed by atoms with van der Waals surface area (Å²) in [5, 5.41) is 1.18. The highest BCUT2D eigenvalue weighted by Gasteiger charge is 2.23. The number of hydrogen-bond acceptors (Lipinski definition) is 3. The van der Waals surface area contributed by atoms with Gasteiger partial charge in [0.25, 0.3) is 0 Å². The van der Waals surface area contributed by atoms with Gasteiger partial charge in [0.2, 0.25) is 5.95 Å². The number of fused-ring (bicyclic) bond motifs is 1. The fraction of sp³-hybridized carbons (Fsp3) is 0.176. The molecule has 6 heteroatoms. The van der Waals surface area contributed by atoms with Gasteiger partial charge in [0.1, 0.15) is 11.5 Å². The van der Waals surface area contributed by atoms with E-state index in [1.807, 2.05) is 6.07 Å². The van der Waals surface area contributed by atoms with Crippen molar-refractivity contribution in [1.82, 2.24) is 9.97 Å². The Labute approximate surface area is 139 Å². The molecule has 1 heterocycles. The van der Waals surface area contributed by atoms with Gasteiger partial charge < -0.3 is 5.73 Å². The molecule has 0 fully saturated rings. The third-order valence-corrected chi connectivity index (χ3v) is 3.50. The molecule has 2 aromatic carbocycles. The van der Waals surface area contributed by atoms with Gasteiger partial charge in [0, 0.05) is 10.9 Å². The molecule has 2 N–H and O–H groups in total. The second-order valence-electron chi connectivity index (χ2n) is 5.61. The van der Waals surface area contributed by atoms with Crippen molar-refractivity contribution in [3.8, 4) is 11.3 Å². The molecule has 0 saturated carbocycles. The molecular formula is C17H16ClF2N3. The Morgan fingerprint density at radius 2 is 1.65 bits per heavy atom. The van der Waals surface area contributed by atoms with Crippen LogP contribution in [0.25, 0.3) is 22.0 Å². The van der Waals surface area contributed by atoms with Crippen LogP contribution in [0.15, 0.2) is 42.5 Å². The summed E-state index contributed by atoms with van der Waals surface area (Å²) in [6.07, 6.45) is 0. The lowest BCUT2D eigenvalue weighted by molar-refractivity contribution is 0.214. The molecule has 1 aromatic heterocycles. The Bertz CT molecular complexity index is 860. The van der Waals surface area contributed by atoms with Gasteiger partial charge in [0.15, 0.2) is 0 Å². The molecule has 120 valence electrons. The number of rotatable bonds is 2. The first kappa shape index (κ1) is 17.1. The van der Waals surface area contributed by atoms with Gasteiger partial charge in [-0.2, -0.15) is 0 Å². The van der Waals surface area contributed by atoms with Crippen LogP contribution >= 0.6 is 12.4 Å². The highest BCUT2D eigenvalue weighted by molar-refractivity contribution is 5.96. The third-order valence-electron chi connectivity index (χ3n) is 3.50. The molecule has 0 aliphatic rings. The van der Waals surface area contributed by atoms with E-state index in [4.69, 9.17) is 5.73 Å². The Hall–Kier alpha value is -2.27. The molecule has 3 nitrogen and oxygen atoms in total. The molecule has 0 bridgehead atoms. The standard InChI is InChI=1S/C17H15F2N3.ClH/c1-17(2,19)15-9-14(21-16(20)22-15)12-7-8-13(18)11-6-4-3-5-10(11)12;/h3-9H,1-2H3,(H2,20,21,22);1H. The molecule has 0 atom stereocenters. The van der Waals surface area contributed by atoms with Crippen LogP contribution in [0.4, 0.5) is 14.7 Å². The van der Waals surface area contributed by atoms with Crippen LogP contribution in [-0.2, 0) is 5.67 Å². The Kier molecular flexibility index (Phi) is 4.52. The summed E-state index contributed by atoms with van der Waals surface area (Å²) in [5.41, 5.74) is 5.43. The quantitative estimate of drug-likeness (QED) is 0.742. The minimum atomic E-state index is -1.64. The number of hydrogen-bond donors (Lipinski definition) is 1. The SMILES string of the molecule is CC(C)(F)c1cc(-c2ccc(F)c3ccccc23)nc(N)n1.Cl. The third kappa shape index (κ3) is 3.24. The molecule has 0 aliphatic heterocycles. The van der Waals surface area contributed by atoms with Crippen molar-refractivity contribution >= 4 is 29.1 Å². The average molecular weight is 336 g/mol. The highest BCUT2D eigenvalue weighted by Crippen LogP contribution is 2.32. The molecule has 0 saturated heterocycles. The minimum Gasteiger partial charge on any atom is -0.368 e. The largest absolute Gasteiger partial charge is 0.368 e. The second-order valence-corrected chi connectivity index (χ2v) is 5.61. The van der Waals surface area contributed by atoms with Crippen LogP contribution in [0.5, 0.6) is 0 Å². The van der Waals surface area contributed by atoms with Crippen LogP contribution in [-0.4, -0.2) is 9.97 Å². The first-order chi connectivity index (χ1) is 10.4. The van der Waals surface area contributed by atoms with Crippen molar-refractivity contribution in [2.75, 3.05) is 5.73 Å². The molecule has 0 amide bonds. The average Bonchev–Trinajstić information content (AvgIpc) is 2.46. The molecule has 0 spiro atoms. The Balaban J connectivity index is 0.00000192. The zero-order valence-corrected chi connectivity index (χ0v) is 13.5. The summed E-state index contributed by atoms with van der Waals surface area (Å²) in [6, 6.07) is 11.6. The summed E-state index contributed by atoms with van der Waals surface area (Å²) in [4.78, 5) is 8.12. The van der Waals surface area contributed by atoms with Gasteiger partial charge in [-0.3, -0.25) is 0 Å². The maximum absolute atomic E-state index is 14.2. The number of aromatic nitrogens is 2. The molecule has 23 heavy (non-hydrogen) atoms. The summed E-state index contributed by atoms with van der Waals surface area (Å²) < 4.78 is 28.1. The zero-order chi connectivity index (χ0) is 15.9. The first-order valence-corrected chi connectivity index (χ1v) is 6.88. The number of nitrogens with zero attached hydrogens (tertiary/aromatic N) is 2. The molecule has 0 unspecified atom stereocenters. The monoisotopic (exact) mass is 335 g/mol. The molecule has 0 aliphatic carbocycles. The lowest BCUT2D eigenvalue weighted by atomic mass is 9.99. The molecule has 0 radical (unpaired) electrons. The number of nitrogen functional groups attached to an aromatic ring is 1. The van der Waals surface area contributed by atoms with Crippen molar-refractivity contribution in [1.29, 1.82) is 0 Å². The second kappa shape index (κ2) is 6.08. The van der Waals surface area contributed by atoms with Crippen LogP contribution in [0.3, 0.4) is 0 Å². The van der Waals surface area contributed by atoms with E-state index >= 15 is 0 Å². The number of halogens is 3. The summed E-state index contributed by atoms with van der Waals surface area (Å²) in [6.45, 7) is 2.81. The van der Waals surface area contributed by atoms with E-state index in [2.05, 4.69) is 9.97 Å². The van der Waals surface area contributed by atoms with E-state index in [0.29, 0.717) is 22.0 Å². The molecule has 3 rings (SSSR count). The van der Waals surface area contributed by atoms with Crippen molar-refractivity contribution in [3.63, 3.8) is 0 Å². The smallest absolute Gasteiger partial charge is 0.220 e. The van der Waals surface area contributed by atoms with E-state index in [1.54, 1.807) is 30.3 Å². The number of anilines is 1. The van der Waals surface area contributed by atoms with Gasteiger partial charge in [0.05, 0.1) is 11.4 Å². The number of benzene rings is 2. The van der Waals surface area contributed by atoms with E-state index in [9.17, 15) is 8.78 Å². The van der Waals surface area contributed by atoms with E-state index in [0.717, 1.165) is 0 Å². The van der Waals surface area contributed by atoms with E-state index in [-0.39, 0.29) is 29.9 Å². The predicted molar refractivity (Wildman–Crippen MR) is 90.7 cm³/mol. The Morgan fingerprint density at radius 1 is 1.00 bits per heavy atom. The van der Waals surface area contributed by atoms with Gasteiger partial charge in [-0.15, -0.1) is 12.4 Å². The minimum absolute atomic E-state index is 0. The van der Waals surface area contributed by atoms with Crippen molar-refractivity contribution in [2.24, 2.45) is 0 Å². The fourth-order valence-electron chi connectivity index (χ4n) is 2.39. The normalized spacial score (nSPS) is 11.3. The van der Waals surface area contributed by atoms with Crippen molar-refractivity contribution < 1.29 is 8.78 Å². The molecule has 3 aromatic rings. The zero-order valence-electron chi connectivity index (χ0n) is 12.7. The number of alkyl halides is 1. The fourth-order valence-corrected chi connectivity index (χ4v) is 2.39. The van der Waals surface area contributed by atoms with Crippen molar-refractivity contribution in [2.45, 2.75) is 19.5 Å². The van der Waals surface area contributed by atoms with E-state index < -0.39 is 5.67 Å². The lowest BCUT2D eigenvalue weighted by Gasteiger charge is -2.15. The summed E-state index contributed by atoms with van der Waals surface area (Å²) in [7, 11) is 0. The van der Waals surface area contributed by atoms with Crippen LogP contribution in [0.2, 0.25) is 0 Å². The maximum Gasteiger partial charge on any atom is 0.220 e. The van der Waals surface area contributed by atoms with Crippen LogP contribution in [0.1, 0.15) is 19.5 Å². The van der Waals surface area contributed by atoms with E-state index in [1.165, 1.54) is 19.9 Å². The lowest BCUT2D eigenvalue weighted by Crippen LogP contribution is -2.14. The van der Waals surface area contributed by atoms with Crippen molar-refractivity contribution in [3.05, 3.63) is 54.0 Å². The maximum atomic E-state index is 14.2. The summed E-state index contributed by atoms with van der Waals surface area (Å²) >= 11 is 0. The Morgan fingerprint density at radius 3 is 2.30 bits per heavy atom. The summed E-state index contributed by atoms with van der Waals surface area (Å²) in [5.74, 6) is -0.320. The van der Waals surface area contributed by atoms with Gasteiger partial charge >= 0.3 is 0 Å². The highest BCUT2D eigenvalue weighted by atomic mass is 35.5. The van der Waals surface area contributed by atoms with Crippen LogP contribution < -0.4 is 5.73 Å². The van der Waals surface area contributed by atoms with Gasteiger partial charge in [-0.1, -0.05) is 24.3 Å². The van der Waals surface area contributed by atoms with Crippen LogP contribution in [0, 0.1) is 5.82 Å². The first-order valence-electron chi connectivity index (χ1n) is 6.88. The van der Waals surface area contributed by atoms with Gasteiger partial charge in [-0.05, 0) is 37.4 Å². The van der Waals surface area contributed by atoms with Gasteiger partial charge in [-0.25, -0.2) is 18.7 Å².